The van der Waals surface area contributed by atoms with Gasteiger partial charge in [0.15, 0.2) is 0 Å². The molecule has 0 aromatic heterocycles. The largest absolute Gasteiger partial charge is 0.389 e. The van der Waals surface area contributed by atoms with Gasteiger partial charge in [0.1, 0.15) is 0 Å². The number of aliphatic hydroxyl groups is 1. The second-order valence-electron chi connectivity index (χ2n) is 6.24. The van der Waals surface area contributed by atoms with E-state index in [-0.39, 0.29) is 12.1 Å². The van der Waals surface area contributed by atoms with Gasteiger partial charge in [-0.25, -0.2) is 0 Å². The maximum Gasteiger partial charge on any atom is 0.0927 e. The van der Waals surface area contributed by atoms with Crippen LogP contribution in [0.25, 0.3) is 0 Å². The van der Waals surface area contributed by atoms with Crippen molar-refractivity contribution in [1.82, 2.24) is 10.2 Å². The Morgan fingerprint density at radius 2 is 1.90 bits per heavy atom. The number of piperidine rings is 1. The number of nitrogens with zero attached hydrogens (tertiary/aromatic N) is 1. The van der Waals surface area contributed by atoms with E-state index in [1.165, 1.54) is 5.56 Å². The standard InChI is InChI=1S/C17H26N2O2/c20-17-13-21-11-8-16(17)18-15-6-9-19(10-7-15)12-14-4-2-1-3-5-14/h1-5,15-18,20H,6-13H2/t16-,17-/m1/s1. The fraction of sp³-hybridized carbons (Fsp3) is 0.647. The molecular weight excluding hydrogens is 264 g/mol. The number of ether oxygens (including phenoxy) is 1. The Morgan fingerprint density at radius 1 is 1.14 bits per heavy atom. The summed E-state index contributed by atoms with van der Waals surface area (Å²) < 4.78 is 5.29. The minimum absolute atomic E-state index is 0.212. The van der Waals surface area contributed by atoms with Gasteiger partial charge in [0, 0.05) is 25.2 Å². The van der Waals surface area contributed by atoms with Crippen LogP contribution in [0.4, 0.5) is 0 Å². The van der Waals surface area contributed by atoms with Crippen LogP contribution in [0.5, 0.6) is 0 Å². The molecule has 4 heteroatoms. The predicted octanol–water partition coefficient (Wildman–Crippen LogP) is 1.39. The Hall–Kier alpha value is -0.940. The first-order chi connectivity index (χ1) is 10.3. The molecule has 0 spiro atoms. The molecule has 0 aliphatic carbocycles. The number of rotatable bonds is 4. The van der Waals surface area contributed by atoms with Crippen LogP contribution in [-0.2, 0) is 11.3 Å². The number of likely N-dealkylation sites (tertiary alicyclic amines) is 1. The Morgan fingerprint density at radius 3 is 2.62 bits per heavy atom. The summed E-state index contributed by atoms with van der Waals surface area (Å²) in [5.74, 6) is 0. The highest BCUT2D eigenvalue weighted by atomic mass is 16.5. The number of nitrogens with one attached hydrogen (secondary N) is 1. The van der Waals surface area contributed by atoms with Crippen molar-refractivity contribution in [2.75, 3.05) is 26.3 Å². The molecule has 4 nitrogen and oxygen atoms in total. The molecule has 21 heavy (non-hydrogen) atoms. The molecule has 0 bridgehead atoms. The summed E-state index contributed by atoms with van der Waals surface area (Å²) in [5, 5.41) is 13.6. The second kappa shape index (κ2) is 7.36. The van der Waals surface area contributed by atoms with E-state index in [1.54, 1.807) is 0 Å². The summed E-state index contributed by atoms with van der Waals surface area (Å²) in [6, 6.07) is 11.4. The van der Waals surface area contributed by atoms with E-state index in [2.05, 4.69) is 40.5 Å². The monoisotopic (exact) mass is 290 g/mol. The smallest absolute Gasteiger partial charge is 0.0927 e. The summed E-state index contributed by atoms with van der Waals surface area (Å²) in [4.78, 5) is 2.52. The molecule has 2 atom stereocenters. The summed E-state index contributed by atoms with van der Waals surface area (Å²) in [7, 11) is 0. The number of hydrogen-bond acceptors (Lipinski definition) is 4. The fourth-order valence-corrected chi connectivity index (χ4v) is 3.32. The van der Waals surface area contributed by atoms with Crippen molar-refractivity contribution < 1.29 is 9.84 Å². The quantitative estimate of drug-likeness (QED) is 0.879. The zero-order valence-corrected chi connectivity index (χ0v) is 12.6. The van der Waals surface area contributed by atoms with Crippen LogP contribution in [0.3, 0.4) is 0 Å². The molecule has 2 aliphatic rings. The van der Waals surface area contributed by atoms with E-state index >= 15 is 0 Å². The van der Waals surface area contributed by atoms with Crippen LogP contribution in [0.2, 0.25) is 0 Å². The lowest BCUT2D eigenvalue weighted by Crippen LogP contribution is -2.53. The average molecular weight is 290 g/mol. The first-order valence-electron chi connectivity index (χ1n) is 8.09. The van der Waals surface area contributed by atoms with Crippen molar-refractivity contribution in [1.29, 1.82) is 0 Å². The van der Waals surface area contributed by atoms with Crippen molar-refractivity contribution in [3.8, 4) is 0 Å². The molecule has 2 aliphatic heterocycles. The van der Waals surface area contributed by atoms with Gasteiger partial charge < -0.3 is 15.2 Å². The van der Waals surface area contributed by atoms with Crippen LogP contribution in [0, 0.1) is 0 Å². The summed E-state index contributed by atoms with van der Waals surface area (Å²) >= 11 is 0. The van der Waals surface area contributed by atoms with Crippen molar-refractivity contribution in [3.05, 3.63) is 35.9 Å². The number of aliphatic hydroxyl groups excluding tert-OH is 1. The minimum atomic E-state index is -0.346. The van der Waals surface area contributed by atoms with Crippen LogP contribution in [-0.4, -0.2) is 54.5 Å². The maximum absolute atomic E-state index is 9.95. The first-order valence-corrected chi connectivity index (χ1v) is 8.09. The minimum Gasteiger partial charge on any atom is -0.389 e. The van der Waals surface area contributed by atoms with Gasteiger partial charge in [0.25, 0.3) is 0 Å². The van der Waals surface area contributed by atoms with Gasteiger partial charge in [0.2, 0.25) is 0 Å². The number of hydrogen-bond donors (Lipinski definition) is 2. The van der Waals surface area contributed by atoms with Crippen molar-refractivity contribution in [2.45, 2.75) is 44.0 Å². The molecule has 2 N–H and O–H groups in total. The van der Waals surface area contributed by atoms with Crippen LogP contribution in [0.15, 0.2) is 30.3 Å². The van der Waals surface area contributed by atoms with Crippen molar-refractivity contribution in [3.63, 3.8) is 0 Å². The van der Waals surface area contributed by atoms with Crippen LogP contribution in [0.1, 0.15) is 24.8 Å². The van der Waals surface area contributed by atoms with Gasteiger partial charge in [-0.15, -0.1) is 0 Å². The topological polar surface area (TPSA) is 44.7 Å². The molecule has 2 heterocycles. The number of benzene rings is 1. The molecule has 1 aromatic rings. The molecule has 3 rings (SSSR count). The second-order valence-corrected chi connectivity index (χ2v) is 6.24. The Kier molecular flexibility index (Phi) is 5.25. The Bertz CT molecular complexity index is 418. The average Bonchev–Trinajstić information content (AvgIpc) is 2.52. The van der Waals surface area contributed by atoms with Crippen LogP contribution >= 0.6 is 0 Å². The Balaban J connectivity index is 1.42. The van der Waals surface area contributed by atoms with Gasteiger partial charge in [-0.3, -0.25) is 4.90 Å². The predicted molar refractivity (Wildman–Crippen MR) is 83.1 cm³/mol. The van der Waals surface area contributed by atoms with Gasteiger partial charge >= 0.3 is 0 Å². The van der Waals surface area contributed by atoms with Gasteiger partial charge in [-0.05, 0) is 37.9 Å². The highest BCUT2D eigenvalue weighted by Crippen LogP contribution is 2.16. The molecule has 2 fully saturated rings. The third kappa shape index (κ3) is 4.27. The molecule has 2 saturated heterocycles. The Labute approximate surface area is 127 Å². The maximum atomic E-state index is 9.95. The molecule has 1 aromatic carbocycles. The van der Waals surface area contributed by atoms with E-state index in [0.29, 0.717) is 12.6 Å². The summed E-state index contributed by atoms with van der Waals surface area (Å²) in [5.41, 5.74) is 1.39. The molecule has 0 radical (unpaired) electrons. The van der Waals surface area contributed by atoms with E-state index in [9.17, 15) is 5.11 Å². The SMILES string of the molecule is O[C@@H]1COCC[C@H]1NC1CCN(Cc2ccccc2)CC1. The molecule has 0 amide bonds. The van der Waals surface area contributed by atoms with E-state index in [4.69, 9.17) is 4.74 Å². The van der Waals surface area contributed by atoms with Gasteiger partial charge in [-0.2, -0.15) is 0 Å². The van der Waals surface area contributed by atoms with Crippen molar-refractivity contribution in [2.24, 2.45) is 0 Å². The van der Waals surface area contributed by atoms with E-state index < -0.39 is 0 Å². The lowest BCUT2D eigenvalue weighted by Gasteiger charge is -2.37. The lowest BCUT2D eigenvalue weighted by molar-refractivity contribution is -0.0321. The lowest BCUT2D eigenvalue weighted by atomic mass is 9.99. The molecule has 0 saturated carbocycles. The summed E-state index contributed by atoms with van der Waals surface area (Å²) in [6.45, 7) is 4.55. The zero-order chi connectivity index (χ0) is 14.5. The molecular formula is C17H26N2O2. The van der Waals surface area contributed by atoms with Gasteiger partial charge in [-0.1, -0.05) is 30.3 Å². The summed E-state index contributed by atoms with van der Waals surface area (Å²) in [6.07, 6.45) is 2.90. The highest BCUT2D eigenvalue weighted by molar-refractivity contribution is 5.14. The zero-order valence-electron chi connectivity index (χ0n) is 12.6. The third-order valence-corrected chi connectivity index (χ3v) is 4.61. The molecule has 116 valence electrons. The van der Waals surface area contributed by atoms with E-state index in [1.807, 2.05) is 0 Å². The third-order valence-electron chi connectivity index (χ3n) is 4.61. The highest BCUT2D eigenvalue weighted by Gasteiger charge is 2.27. The van der Waals surface area contributed by atoms with Gasteiger partial charge in [0.05, 0.1) is 12.7 Å². The van der Waals surface area contributed by atoms with E-state index in [0.717, 1.165) is 45.5 Å². The first kappa shape index (κ1) is 15.0. The van der Waals surface area contributed by atoms with Crippen molar-refractivity contribution >= 4 is 0 Å². The van der Waals surface area contributed by atoms with Crippen LogP contribution < -0.4 is 5.32 Å². The fourth-order valence-electron chi connectivity index (χ4n) is 3.32. The molecule has 0 unspecified atom stereocenters. The normalized spacial score (nSPS) is 28.6.